The third-order valence-corrected chi connectivity index (χ3v) is 4.69. The number of hydrogen-bond acceptors (Lipinski definition) is 2. The average molecular weight is 420 g/mol. The number of nitrogens with one attached hydrogen (secondary N) is 2. The number of rotatable bonds is 2. The maximum absolute atomic E-state index is 12.6. The van der Waals surface area contributed by atoms with Gasteiger partial charge in [0.05, 0.1) is 5.69 Å². The van der Waals surface area contributed by atoms with Crippen LogP contribution in [-0.2, 0) is 0 Å². The normalized spacial score (nSPS) is 10.4. The smallest absolute Gasteiger partial charge is 0.258 e. The van der Waals surface area contributed by atoms with Crippen LogP contribution in [-0.4, -0.2) is 11.0 Å². The zero-order valence-electron chi connectivity index (χ0n) is 12.3. The molecule has 3 nitrogen and oxygen atoms in total. The molecule has 0 saturated carbocycles. The highest BCUT2D eigenvalue weighted by molar-refractivity contribution is 9.10. The summed E-state index contributed by atoms with van der Waals surface area (Å²) in [4.78, 5) is 12.6. The minimum atomic E-state index is -0.285. The lowest BCUT2D eigenvalue weighted by atomic mass is 10.0. The van der Waals surface area contributed by atoms with Crippen molar-refractivity contribution >= 4 is 67.2 Å². The molecule has 0 aromatic heterocycles. The number of anilines is 1. The SMILES string of the molecule is O=C(NC(=S)Nc1ccccc1Br)c1cccc2c(Cl)cccc12. The first-order valence-corrected chi connectivity index (χ1v) is 8.68. The first-order valence-electron chi connectivity index (χ1n) is 7.10. The summed E-state index contributed by atoms with van der Waals surface area (Å²) in [6, 6.07) is 18.4. The van der Waals surface area contributed by atoms with Crippen LogP contribution in [0.4, 0.5) is 5.69 Å². The van der Waals surface area contributed by atoms with E-state index in [1.165, 1.54) is 0 Å². The van der Waals surface area contributed by atoms with Gasteiger partial charge in [-0.15, -0.1) is 0 Å². The van der Waals surface area contributed by atoms with Crippen LogP contribution in [0.5, 0.6) is 0 Å². The third kappa shape index (κ3) is 3.59. The van der Waals surface area contributed by atoms with E-state index in [2.05, 4.69) is 26.6 Å². The Balaban J connectivity index is 1.82. The first kappa shape index (κ1) is 16.9. The van der Waals surface area contributed by atoms with E-state index in [0.717, 1.165) is 20.9 Å². The average Bonchev–Trinajstić information content (AvgIpc) is 2.57. The molecule has 0 heterocycles. The van der Waals surface area contributed by atoms with Crippen molar-refractivity contribution in [2.75, 3.05) is 5.32 Å². The third-order valence-electron chi connectivity index (χ3n) is 3.46. The van der Waals surface area contributed by atoms with Crippen LogP contribution in [0.1, 0.15) is 10.4 Å². The molecule has 0 bridgehead atoms. The molecule has 3 aromatic carbocycles. The summed E-state index contributed by atoms with van der Waals surface area (Å²) in [6.07, 6.45) is 0. The minimum absolute atomic E-state index is 0.228. The molecule has 24 heavy (non-hydrogen) atoms. The molecule has 0 atom stereocenters. The molecule has 0 unspecified atom stereocenters. The van der Waals surface area contributed by atoms with Gasteiger partial charge in [-0.2, -0.15) is 0 Å². The van der Waals surface area contributed by atoms with Crippen LogP contribution in [0.2, 0.25) is 5.02 Å². The van der Waals surface area contributed by atoms with Gasteiger partial charge in [-0.05, 0) is 57.8 Å². The fourth-order valence-corrected chi connectivity index (χ4v) is 3.18. The predicted molar refractivity (Wildman–Crippen MR) is 107 cm³/mol. The second-order valence-electron chi connectivity index (χ2n) is 5.03. The summed E-state index contributed by atoms with van der Waals surface area (Å²) < 4.78 is 0.860. The van der Waals surface area contributed by atoms with Crippen molar-refractivity contribution in [3.05, 3.63) is 75.7 Å². The van der Waals surface area contributed by atoms with Crippen molar-refractivity contribution in [3.63, 3.8) is 0 Å². The molecule has 0 spiro atoms. The number of carbonyl (C=O) groups excluding carboxylic acids is 1. The molecule has 120 valence electrons. The minimum Gasteiger partial charge on any atom is -0.331 e. The number of para-hydroxylation sites is 1. The molecular weight excluding hydrogens is 408 g/mol. The summed E-state index contributed by atoms with van der Waals surface area (Å²) in [5.41, 5.74) is 1.30. The van der Waals surface area contributed by atoms with E-state index in [9.17, 15) is 4.79 Å². The zero-order chi connectivity index (χ0) is 17.1. The lowest BCUT2D eigenvalue weighted by Gasteiger charge is -2.12. The number of thiocarbonyl (C=S) groups is 1. The Hall–Kier alpha value is -1.95. The van der Waals surface area contributed by atoms with E-state index in [0.29, 0.717) is 10.6 Å². The summed E-state index contributed by atoms with van der Waals surface area (Å²) in [7, 11) is 0. The van der Waals surface area contributed by atoms with E-state index in [4.69, 9.17) is 23.8 Å². The Morgan fingerprint density at radius 1 is 0.958 bits per heavy atom. The van der Waals surface area contributed by atoms with Crippen molar-refractivity contribution < 1.29 is 4.79 Å². The lowest BCUT2D eigenvalue weighted by Crippen LogP contribution is -2.34. The Kier molecular flexibility index (Phi) is 5.14. The fraction of sp³-hybridized carbons (Fsp3) is 0. The van der Waals surface area contributed by atoms with Crippen LogP contribution in [0.15, 0.2) is 65.1 Å². The monoisotopic (exact) mass is 418 g/mol. The van der Waals surface area contributed by atoms with Gasteiger partial charge in [-0.25, -0.2) is 0 Å². The zero-order valence-corrected chi connectivity index (χ0v) is 15.5. The number of amides is 1. The molecule has 0 aliphatic carbocycles. The van der Waals surface area contributed by atoms with Crippen molar-refractivity contribution in [2.24, 2.45) is 0 Å². The Morgan fingerprint density at radius 2 is 1.67 bits per heavy atom. The van der Waals surface area contributed by atoms with Crippen molar-refractivity contribution in [1.29, 1.82) is 0 Å². The first-order chi connectivity index (χ1) is 11.6. The van der Waals surface area contributed by atoms with E-state index >= 15 is 0 Å². The molecular formula is C18H12BrClN2OS. The Labute approximate surface area is 158 Å². The maximum atomic E-state index is 12.6. The fourth-order valence-electron chi connectivity index (χ4n) is 2.36. The number of benzene rings is 3. The number of fused-ring (bicyclic) bond motifs is 1. The molecule has 0 aliphatic heterocycles. The van der Waals surface area contributed by atoms with Gasteiger partial charge in [-0.3, -0.25) is 10.1 Å². The van der Waals surface area contributed by atoms with Gasteiger partial charge in [-0.1, -0.05) is 48.0 Å². The van der Waals surface area contributed by atoms with Gasteiger partial charge >= 0.3 is 0 Å². The van der Waals surface area contributed by atoms with Gasteiger partial charge in [0.25, 0.3) is 5.91 Å². The molecule has 0 saturated heterocycles. The molecule has 0 aliphatic rings. The molecule has 0 fully saturated rings. The second kappa shape index (κ2) is 7.30. The molecule has 0 radical (unpaired) electrons. The number of carbonyl (C=O) groups is 1. The standard InChI is InChI=1S/C18H12BrClN2OS/c19-14-8-1-2-10-16(14)21-18(24)22-17(23)13-7-3-6-12-11(13)5-4-9-15(12)20/h1-10H,(H2,21,22,23,24). The maximum Gasteiger partial charge on any atom is 0.258 e. The van der Waals surface area contributed by atoms with Crippen molar-refractivity contribution in [1.82, 2.24) is 5.32 Å². The van der Waals surface area contributed by atoms with Crippen LogP contribution >= 0.6 is 39.7 Å². The van der Waals surface area contributed by atoms with Crippen molar-refractivity contribution in [3.8, 4) is 0 Å². The molecule has 3 rings (SSSR count). The second-order valence-corrected chi connectivity index (χ2v) is 6.70. The van der Waals surface area contributed by atoms with Gasteiger partial charge in [0.2, 0.25) is 0 Å². The van der Waals surface area contributed by atoms with Crippen LogP contribution in [0.25, 0.3) is 10.8 Å². The predicted octanol–water partition coefficient (Wildman–Crippen LogP) is 5.38. The molecule has 1 amide bonds. The highest BCUT2D eigenvalue weighted by atomic mass is 79.9. The number of halogens is 2. The summed E-state index contributed by atoms with van der Waals surface area (Å²) in [6.45, 7) is 0. The Bertz CT molecular complexity index is 945. The van der Waals surface area contributed by atoms with Crippen LogP contribution < -0.4 is 10.6 Å². The largest absolute Gasteiger partial charge is 0.331 e. The van der Waals surface area contributed by atoms with Crippen LogP contribution in [0.3, 0.4) is 0 Å². The van der Waals surface area contributed by atoms with Crippen LogP contribution in [0, 0.1) is 0 Å². The quantitative estimate of drug-likeness (QED) is 0.548. The summed E-state index contributed by atoms with van der Waals surface area (Å²) in [5.74, 6) is -0.285. The van der Waals surface area contributed by atoms with Gasteiger partial charge in [0, 0.05) is 20.4 Å². The molecule has 6 heteroatoms. The molecule has 2 N–H and O–H groups in total. The topological polar surface area (TPSA) is 41.1 Å². The summed E-state index contributed by atoms with van der Waals surface area (Å²) >= 11 is 14.8. The van der Waals surface area contributed by atoms with E-state index in [1.807, 2.05) is 42.5 Å². The van der Waals surface area contributed by atoms with Gasteiger partial charge < -0.3 is 5.32 Å². The van der Waals surface area contributed by atoms with Crippen molar-refractivity contribution in [2.45, 2.75) is 0 Å². The highest BCUT2D eigenvalue weighted by Gasteiger charge is 2.13. The van der Waals surface area contributed by atoms with E-state index in [1.54, 1.807) is 18.2 Å². The highest BCUT2D eigenvalue weighted by Crippen LogP contribution is 2.26. The van der Waals surface area contributed by atoms with Gasteiger partial charge in [0.1, 0.15) is 0 Å². The molecule has 3 aromatic rings. The lowest BCUT2D eigenvalue weighted by molar-refractivity contribution is 0.0979. The summed E-state index contributed by atoms with van der Waals surface area (Å²) in [5, 5.41) is 8.15. The Morgan fingerprint density at radius 3 is 2.46 bits per heavy atom. The number of hydrogen-bond donors (Lipinski definition) is 2. The van der Waals surface area contributed by atoms with Gasteiger partial charge in [0.15, 0.2) is 5.11 Å². The van der Waals surface area contributed by atoms with E-state index in [-0.39, 0.29) is 11.0 Å². The van der Waals surface area contributed by atoms with E-state index < -0.39 is 0 Å².